The predicted octanol–water partition coefficient (Wildman–Crippen LogP) is 4.57. The third-order valence-corrected chi connectivity index (χ3v) is 4.87. The smallest absolute Gasteiger partial charge is 0.230 e. The molecule has 0 aliphatic carbocycles. The summed E-state index contributed by atoms with van der Waals surface area (Å²) in [5, 5.41) is 2.95. The summed E-state index contributed by atoms with van der Waals surface area (Å²) in [6.07, 6.45) is 0. The van der Waals surface area contributed by atoms with E-state index in [1.54, 1.807) is 19.2 Å². The van der Waals surface area contributed by atoms with Crippen molar-refractivity contribution in [3.05, 3.63) is 58.3 Å². The highest BCUT2D eigenvalue weighted by atomic mass is 79.9. The molecule has 0 aliphatic rings. The Balaban J connectivity index is 1.89. The maximum Gasteiger partial charge on any atom is 0.230 e. The molecular formula is C17H17BrFNO2S. The van der Waals surface area contributed by atoms with Crippen LogP contribution in [0.25, 0.3) is 0 Å². The summed E-state index contributed by atoms with van der Waals surface area (Å²) in [6, 6.07) is 11.7. The quantitative estimate of drug-likeness (QED) is 0.725. The molecule has 0 bridgehead atoms. The topological polar surface area (TPSA) is 38.3 Å². The van der Waals surface area contributed by atoms with Gasteiger partial charge in [0.25, 0.3) is 0 Å². The van der Waals surface area contributed by atoms with Gasteiger partial charge in [0, 0.05) is 4.90 Å². The van der Waals surface area contributed by atoms with Crippen molar-refractivity contribution >= 4 is 33.6 Å². The van der Waals surface area contributed by atoms with Crippen LogP contribution in [0.15, 0.2) is 51.8 Å². The van der Waals surface area contributed by atoms with Crippen LogP contribution >= 0.6 is 27.7 Å². The highest BCUT2D eigenvalue weighted by molar-refractivity contribution is 9.10. The number of hydrogen-bond donors (Lipinski definition) is 1. The van der Waals surface area contributed by atoms with Crippen molar-refractivity contribution in [2.24, 2.45) is 0 Å². The van der Waals surface area contributed by atoms with Gasteiger partial charge in [0.05, 0.1) is 23.4 Å². The van der Waals surface area contributed by atoms with Crippen molar-refractivity contribution in [1.29, 1.82) is 0 Å². The Morgan fingerprint density at radius 2 is 2.00 bits per heavy atom. The van der Waals surface area contributed by atoms with Crippen molar-refractivity contribution in [2.45, 2.75) is 17.9 Å². The van der Waals surface area contributed by atoms with Crippen LogP contribution in [0.5, 0.6) is 5.75 Å². The summed E-state index contributed by atoms with van der Waals surface area (Å²) in [4.78, 5) is 12.9. The maximum absolute atomic E-state index is 12.8. The number of amides is 1. The molecule has 1 atom stereocenters. The van der Waals surface area contributed by atoms with E-state index in [9.17, 15) is 9.18 Å². The SMILES string of the molecule is COc1ccc([C@H](C)NC(=O)CSc2ccc(F)cc2)cc1Br. The summed E-state index contributed by atoms with van der Waals surface area (Å²) in [5.41, 5.74) is 0.984. The van der Waals surface area contributed by atoms with E-state index in [2.05, 4.69) is 21.2 Å². The van der Waals surface area contributed by atoms with Gasteiger partial charge in [-0.05, 0) is 64.8 Å². The first-order valence-electron chi connectivity index (χ1n) is 7.00. The van der Waals surface area contributed by atoms with Crippen LogP contribution in [0.4, 0.5) is 4.39 Å². The zero-order valence-corrected chi connectivity index (χ0v) is 15.2. The highest BCUT2D eigenvalue weighted by Gasteiger charge is 2.12. The number of rotatable bonds is 6. The number of methoxy groups -OCH3 is 1. The number of carbonyl (C=O) groups is 1. The van der Waals surface area contributed by atoms with Gasteiger partial charge in [-0.1, -0.05) is 6.07 Å². The summed E-state index contributed by atoms with van der Waals surface area (Å²) in [6.45, 7) is 1.93. The molecule has 0 aromatic heterocycles. The molecule has 1 amide bonds. The van der Waals surface area contributed by atoms with E-state index in [0.29, 0.717) is 0 Å². The molecule has 2 aromatic carbocycles. The number of halogens is 2. The zero-order chi connectivity index (χ0) is 16.8. The van der Waals surface area contributed by atoms with Crippen LogP contribution in [0.2, 0.25) is 0 Å². The van der Waals surface area contributed by atoms with Gasteiger partial charge in [0.1, 0.15) is 11.6 Å². The minimum Gasteiger partial charge on any atom is -0.496 e. The lowest BCUT2D eigenvalue weighted by Crippen LogP contribution is -2.28. The molecule has 2 aromatic rings. The zero-order valence-electron chi connectivity index (χ0n) is 12.8. The molecule has 0 saturated carbocycles. The average Bonchev–Trinajstić information content (AvgIpc) is 2.54. The van der Waals surface area contributed by atoms with Gasteiger partial charge in [0.2, 0.25) is 5.91 Å². The molecule has 3 nitrogen and oxygen atoms in total. The Hall–Kier alpha value is -1.53. The Bertz CT molecular complexity index is 679. The molecule has 0 fully saturated rings. The molecular weight excluding hydrogens is 381 g/mol. The average molecular weight is 398 g/mol. The second-order valence-corrected chi connectivity index (χ2v) is 6.83. The van der Waals surface area contributed by atoms with Crippen molar-refractivity contribution in [2.75, 3.05) is 12.9 Å². The third kappa shape index (κ3) is 5.25. The highest BCUT2D eigenvalue weighted by Crippen LogP contribution is 2.28. The normalized spacial score (nSPS) is 11.8. The molecule has 0 radical (unpaired) electrons. The van der Waals surface area contributed by atoms with Gasteiger partial charge in [-0.25, -0.2) is 4.39 Å². The van der Waals surface area contributed by atoms with Crippen molar-refractivity contribution < 1.29 is 13.9 Å². The summed E-state index contributed by atoms with van der Waals surface area (Å²) in [5.74, 6) is 0.684. The van der Waals surface area contributed by atoms with Crippen molar-refractivity contribution in [1.82, 2.24) is 5.32 Å². The first kappa shape index (κ1) is 17.8. The third-order valence-electron chi connectivity index (χ3n) is 3.24. The maximum atomic E-state index is 12.8. The van der Waals surface area contributed by atoms with Gasteiger partial charge < -0.3 is 10.1 Å². The first-order valence-corrected chi connectivity index (χ1v) is 8.78. The van der Waals surface area contributed by atoms with E-state index >= 15 is 0 Å². The van der Waals surface area contributed by atoms with Crippen molar-refractivity contribution in [3.8, 4) is 5.75 Å². The largest absolute Gasteiger partial charge is 0.496 e. The fourth-order valence-corrected chi connectivity index (χ4v) is 3.27. The Morgan fingerprint density at radius 1 is 1.30 bits per heavy atom. The van der Waals surface area contributed by atoms with E-state index in [-0.39, 0.29) is 23.5 Å². The fourth-order valence-electron chi connectivity index (χ4n) is 2.00. The second-order valence-electron chi connectivity index (χ2n) is 4.93. The molecule has 1 N–H and O–H groups in total. The molecule has 0 unspecified atom stereocenters. The van der Waals surface area contributed by atoms with Crippen molar-refractivity contribution in [3.63, 3.8) is 0 Å². The minimum absolute atomic E-state index is 0.0706. The van der Waals surface area contributed by atoms with Crippen LogP contribution in [-0.4, -0.2) is 18.8 Å². The second kappa shape index (κ2) is 8.36. The Labute approximate surface area is 147 Å². The number of carbonyl (C=O) groups excluding carboxylic acids is 1. The van der Waals surface area contributed by atoms with E-state index in [0.717, 1.165) is 20.7 Å². The number of nitrogens with one attached hydrogen (secondary N) is 1. The van der Waals surface area contributed by atoms with Gasteiger partial charge in [-0.15, -0.1) is 11.8 Å². The van der Waals surface area contributed by atoms with Crippen LogP contribution < -0.4 is 10.1 Å². The first-order chi connectivity index (χ1) is 11.0. The molecule has 0 aliphatic heterocycles. The van der Waals surface area contributed by atoms with E-state index in [1.807, 2.05) is 25.1 Å². The van der Waals surface area contributed by atoms with Gasteiger partial charge in [-0.3, -0.25) is 4.79 Å². The van der Waals surface area contributed by atoms with E-state index < -0.39 is 0 Å². The standard InChI is InChI=1S/C17H17BrFNO2S/c1-11(12-3-8-16(22-2)15(18)9-12)20-17(21)10-23-14-6-4-13(19)5-7-14/h3-9,11H,10H2,1-2H3,(H,20,21)/t11-/m0/s1. The van der Waals surface area contributed by atoms with Crippen LogP contribution in [0.3, 0.4) is 0 Å². The Kier molecular flexibility index (Phi) is 6.47. The molecule has 2 rings (SSSR count). The number of benzene rings is 2. The fraction of sp³-hybridized carbons (Fsp3) is 0.235. The molecule has 6 heteroatoms. The van der Waals surface area contributed by atoms with Gasteiger partial charge >= 0.3 is 0 Å². The molecule has 122 valence electrons. The van der Waals surface area contributed by atoms with Crippen LogP contribution in [0, 0.1) is 5.82 Å². The van der Waals surface area contributed by atoms with E-state index in [1.165, 1.54) is 23.9 Å². The van der Waals surface area contributed by atoms with Gasteiger partial charge in [-0.2, -0.15) is 0 Å². The molecule has 23 heavy (non-hydrogen) atoms. The molecule has 0 spiro atoms. The monoisotopic (exact) mass is 397 g/mol. The lowest BCUT2D eigenvalue weighted by Gasteiger charge is -2.15. The molecule has 0 saturated heterocycles. The summed E-state index contributed by atoms with van der Waals surface area (Å²) < 4.78 is 18.9. The van der Waals surface area contributed by atoms with Crippen LogP contribution in [-0.2, 0) is 4.79 Å². The number of thioether (sulfide) groups is 1. The minimum atomic E-state index is -0.280. The molecule has 0 heterocycles. The predicted molar refractivity (Wildman–Crippen MR) is 94.4 cm³/mol. The van der Waals surface area contributed by atoms with E-state index in [4.69, 9.17) is 4.74 Å². The number of ether oxygens (including phenoxy) is 1. The summed E-state index contributed by atoms with van der Waals surface area (Å²) in [7, 11) is 1.61. The summed E-state index contributed by atoms with van der Waals surface area (Å²) >= 11 is 4.81. The lowest BCUT2D eigenvalue weighted by atomic mass is 10.1. The number of hydrogen-bond acceptors (Lipinski definition) is 3. The van der Waals surface area contributed by atoms with Crippen LogP contribution in [0.1, 0.15) is 18.5 Å². The Morgan fingerprint density at radius 3 is 2.61 bits per heavy atom. The lowest BCUT2D eigenvalue weighted by molar-refractivity contribution is -0.119. The van der Waals surface area contributed by atoms with Gasteiger partial charge in [0.15, 0.2) is 0 Å².